The zero-order chi connectivity index (χ0) is 11.1. The average molecular weight is 335 g/mol. The summed E-state index contributed by atoms with van der Waals surface area (Å²) < 4.78 is 0. The number of halogens is 2. The van der Waals surface area contributed by atoms with Gasteiger partial charge in [0.2, 0.25) is 0 Å². The molecule has 1 radical (unpaired) electrons. The summed E-state index contributed by atoms with van der Waals surface area (Å²) in [5.74, 6) is 0. The molecule has 0 aromatic rings. The van der Waals surface area contributed by atoms with E-state index in [4.69, 9.17) is 0 Å². The predicted molar refractivity (Wildman–Crippen MR) is 76.0 cm³/mol. The van der Waals surface area contributed by atoms with Crippen molar-refractivity contribution in [1.29, 1.82) is 0 Å². The van der Waals surface area contributed by atoms with E-state index in [0.717, 1.165) is 12.8 Å². The Morgan fingerprint density at radius 2 is 1.64 bits per heavy atom. The van der Waals surface area contributed by atoms with E-state index >= 15 is 0 Å². The first kappa shape index (κ1) is 17.6. The van der Waals surface area contributed by atoms with Crippen LogP contribution in [0, 0.1) is 6.92 Å². The van der Waals surface area contributed by atoms with Crippen LogP contribution in [-0.2, 0) is 0 Å². The van der Waals surface area contributed by atoms with Crippen molar-refractivity contribution < 1.29 is 0 Å². The van der Waals surface area contributed by atoms with Gasteiger partial charge >= 0.3 is 16.0 Å². The standard InChI is InChI=1S/C11H19.2BrH.Mg/c1-3-5-7-9-11-10-8-6-4-2;;;/h7,9-11H,1,3-6,8H2,2H3;2*1H;/q;;;+2/p-2/b9-7+,11-10-;;;. The molecule has 0 saturated carbocycles. The Kier molecular flexibility index (Phi) is 24.8. The van der Waals surface area contributed by atoms with Crippen LogP contribution in [0.1, 0.15) is 39.0 Å². The van der Waals surface area contributed by atoms with Crippen molar-refractivity contribution >= 4 is 41.8 Å². The van der Waals surface area contributed by atoms with Gasteiger partial charge in [-0.25, -0.2) is 0 Å². The minimum atomic E-state index is 0.0417. The van der Waals surface area contributed by atoms with E-state index in [2.05, 4.69) is 63.9 Å². The number of hydrogen-bond donors (Lipinski definition) is 0. The Morgan fingerprint density at radius 3 is 2.07 bits per heavy atom. The molecule has 0 spiro atoms. The smallest absolute Gasteiger partial charge is 0.280 e. The molecule has 14 heavy (non-hydrogen) atoms. The van der Waals surface area contributed by atoms with Crippen LogP contribution in [0.3, 0.4) is 0 Å². The molecular weight excluding hydrogens is 316 g/mol. The van der Waals surface area contributed by atoms with Gasteiger partial charge in [0.25, 0.3) is 0 Å². The third-order valence-corrected chi connectivity index (χ3v) is 1.48. The van der Waals surface area contributed by atoms with Crippen LogP contribution in [0.5, 0.6) is 0 Å². The van der Waals surface area contributed by atoms with Crippen LogP contribution in [0.4, 0.5) is 0 Å². The molecule has 0 aromatic heterocycles. The van der Waals surface area contributed by atoms with Gasteiger partial charge in [-0.05, 0) is 19.3 Å². The molecule has 0 saturated heterocycles. The zero-order valence-corrected chi connectivity index (χ0v) is 13.6. The average Bonchev–Trinajstić information content (AvgIpc) is 2.18. The number of allylic oxidation sites excluding steroid dienone is 4. The lowest BCUT2D eigenvalue weighted by atomic mass is 10.2. The highest BCUT2D eigenvalue weighted by Crippen LogP contribution is 1.95. The quantitative estimate of drug-likeness (QED) is 0.355. The van der Waals surface area contributed by atoms with Gasteiger partial charge < -0.3 is 0 Å². The summed E-state index contributed by atoms with van der Waals surface area (Å²) in [6.45, 7) is 5.97. The highest BCUT2D eigenvalue weighted by atomic mass is 79.9. The van der Waals surface area contributed by atoms with Crippen molar-refractivity contribution in [3.05, 3.63) is 31.2 Å². The second kappa shape index (κ2) is 19.7. The van der Waals surface area contributed by atoms with Gasteiger partial charge in [0.1, 0.15) is 0 Å². The van der Waals surface area contributed by atoms with Gasteiger partial charge in [-0.2, -0.15) is 0 Å². The van der Waals surface area contributed by atoms with E-state index in [1.54, 1.807) is 0 Å². The fraction of sp³-hybridized carbons (Fsp3) is 0.545. The molecule has 0 aliphatic heterocycles. The molecule has 0 atom stereocenters. The van der Waals surface area contributed by atoms with Crippen LogP contribution in [0.2, 0.25) is 0 Å². The van der Waals surface area contributed by atoms with Crippen LogP contribution in [0.25, 0.3) is 0 Å². The van der Waals surface area contributed by atoms with Crippen LogP contribution in [-0.4, -0.2) is 16.0 Å². The van der Waals surface area contributed by atoms with E-state index in [-0.39, 0.29) is 16.0 Å². The van der Waals surface area contributed by atoms with Crippen LogP contribution in [0.15, 0.2) is 24.3 Å². The number of unbranched alkanes of at least 4 members (excludes halogenated alkanes) is 3. The molecule has 0 aromatic carbocycles. The summed E-state index contributed by atoms with van der Waals surface area (Å²) in [5.41, 5.74) is 0. The van der Waals surface area contributed by atoms with Gasteiger partial charge in [0.15, 0.2) is 0 Å². The van der Waals surface area contributed by atoms with Gasteiger partial charge in [-0.1, -0.05) is 51.0 Å². The molecular formula is C11H19Br2Mg. The van der Waals surface area contributed by atoms with Crippen molar-refractivity contribution in [2.45, 2.75) is 39.0 Å². The summed E-state index contributed by atoms with van der Waals surface area (Å²) in [7, 11) is 0. The number of hydrogen-bond acceptors (Lipinski definition) is 0. The molecule has 0 aliphatic rings. The lowest BCUT2D eigenvalue weighted by Crippen LogP contribution is -1.65. The Bertz CT molecular complexity index is 133. The maximum absolute atomic E-state index is 3.76. The summed E-state index contributed by atoms with van der Waals surface area (Å²) in [5, 5.41) is 0. The molecule has 0 rings (SSSR count). The van der Waals surface area contributed by atoms with Gasteiger partial charge in [0, 0.05) is 0 Å². The second-order valence-corrected chi connectivity index (χ2v) is 10.8. The highest BCUT2D eigenvalue weighted by Gasteiger charge is 1.75. The first-order valence-electron chi connectivity index (χ1n) is 5.06. The van der Waals surface area contributed by atoms with Gasteiger partial charge in [0.05, 0.1) is 0 Å². The third kappa shape index (κ3) is 23.2. The maximum Gasteiger partial charge on any atom is 0.560 e. The van der Waals surface area contributed by atoms with E-state index < -0.39 is 0 Å². The largest absolute Gasteiger partial charge is 0.560 e. The molecule has 79 valence electrons. The molecule has 3 heteroatoms. The second-order valence-electron chi connectivity index (χ2n) is 2.74. The topological polar surface area (TPSA) is 0 Å². The SMILES string of the molecule is [Br][Mg][Br].[CH2]CC/C=C/C=C\CCCC. The van der Waals surface area contributed by atoms with Crippen molar-refractivity contribution in [1.82, 2.24) is 0 Å². The predicted octanol–water partition coefficient (Wildman–Crippen LogP) is 5.21. The normalized spacial score (nSPS) is 10.0. The summed E-state index contributed by atoms with van der Waals surface area (Å²) in [6.07, 6.45) is 14.5. The highest BCUT2D eigenvalue weighted by molar-refractivity contribution is 9.47. The van der Waals surface area contributed by atoms with Crippen molar-refractivity contribution in [2.75, 3.05) is 0 Å². The van der Waals surface area contributed by atoms with E-state index in [0.29, 0.717) is 0 Å². The van der Waals surface area contributed by atoms with E-state index in [1.165, 1.54) is 19.3 Å². The minimum Gasteiger partial charge on any atom is -0.280 e. The van der Waals surface area contributed by atoms with Gasteiger partial charge in [-0.3, -0.25) is 25.8 Å². The van der Waals surface area contributed by atoms with Crippen LogP contribution < -0.4 is 0 Å². The van der Waals surface area contributed by atoms with Gasteiger partial charge in [-0.15, -0.1) is 0 Å². The van der Waals surface area contributed by atoms with Crippen molar-refractivity contribution in [3.8, 4) is 0 Å². The molecule has 0 heterocycles. The minimum absolute atomic E-state index is 0.0417. The van der Waals surface area contributed by atoms with Crippen molar-refractivity contribution in [2.24, 2.45) is 0 Å². The molecule has 0 amide bonds. The zero-order valence-electron chi connectivity index (χ0n) is 9.02. The molecule has 0 unspecified atom stereocenters. The Labute approximate surface area is 111 Å². The third-order valence-electron chi connectivity index (χ3n) is 1.48. The first-order chi connectivity index (χ1) is 6.83. The Balaban J connectivity index is 0. The fourth-order valence-electron chi connectivity index (χ4n) is 0.789. The monoisotopic (exact) mass is 333 g/mol. The number of rotatable bonds is 6. The maximum atomic E-state index is 3.76. The molecule has 0 N–H and O–H groups in total. The Morgan fingerprint density at radius 1 is 1.14 bits per heavy atom. The summed E-state index contributed by atoms with van der Waals surface area (Å²) in [4.78, 5) is 0. The van der Waals surface area contributed by atoms with E-state index in [9.17, 15) is 0 Å². The molecule has 0 aliphatic carbocycles. The van der Waals surface area contributed by atoms with Crippen LogP contribution >= 0.6 is 25.8 Å². The molecule has 0 bridgehead atoms. The lowest BCUT2D eigenvalue weighted by Gasteiger charge is -1.85. The first-order valence-corrected chi connectivity index (χ1v) is 12.9. The summed E-state index contributed by atoms with van der Waals surface area (Å²) in [6, 6.07) is 0. The summed E-state index contributed by atoms with van der Waals surface area (Å²) >= 11 is 6.44. The molecule has 0 nitrogen and oxygen atoms in total. The Hall–Kier alpha value is 1.21. The molecule has 0 fully saturated rings. The lowest BCUT2D eigenvalue weighted by molar-refractivity contribution is 0.815. The van der Waals surface area contributed by atoms with Crippen molar-refractivity contribution in [3.63, 3.8) is 0 Å². The fourth-order valence-corrected chi connectivity index (χ4v) is 0.789. The van der Waals surface area contributed by atoms with E-state index in [1.807, 2.05) is 0 Å².